The van der Waals surface area contributed by atoms with Gasteiger partial charge in [0.15, 0.2) is 0 Å². The lowest BCUT2D eigenvalue weighted by atomic mass is 9.98. The van der Waals surface area contributed by atoms with E-state index in [-0.39, 0.29) is 11.8 Å². The molecule has 1 N–H and O–H groups in total. The molecule has 0 bridgehead atoms. The molecule has 6 heteroatoms. The van der Waals surface area contributed by atoms with E-state index >= 15 is 0 Å². The van der Waals surface area contributed by atoms with Crippen LogP contribution >= 0.6 is 0 Å². The van der Waals surface area contributed by atoms with Crippen LogP contribution in [0.15, 0.2) is 24.3 Å². The van der Waals surface area contributed by atoms with E-state index < -0.39 is 18.2 Å². The van der Waals surface area contributed by atoms with Crippen LogP contribution in [0.4, 0.5) is 5.69 Å². The Bertz CT molecular complexity index is 627. The summed E-state index contributed by atoms with van der Waals surface area (Å²) in [5.74, 6) is -1.50. The Kier molecular flexibility index (Phi) is 2.57. The number of hydrogen-bond donors (Lipinski definition) is 1. The van der Waals surface area contributed by atoms with Gasteiger partial charge in [0.05, 0.1) is 11.3 Å². The number of anilines is 1. The molecule has 1 aromatic carbocycles. The average molecular weight is 274 g/mol. The summed E-state index contributed by atoms with van der Waals surface area (Å²) in [6, 6.07) is 6.83. The van der Waals surface area contributed by atoms with Crippen LogP contribution in [-0.4, -0.2) is 40.0 Å². The summed E-state index contributed by atoms with van der Waals surface area (Å²) in [5, 5.41) is 9.03. The number of rotatable bonds is 2. The van der Waals surface area contributed by atoms with Gasteiger partial charge >= 0.3 is 5.97 Å². The van der Waals surface area contributed by atoms with E-state index in [2.05, 4.69) is 0 Å². The maximum Gasteiger partial charge on any atom is 0.323 e. The number of aliphatic carboxylic acids is 1. The summed E-state index contributed by atoms with van der Waals surface area (Å²) in [5.41, 5.74) is 0.0617. The topological polar surface area (TPSA) is 77.9 Å². The molecule has 1 saturated heterocycles. The number of benzene rings is 1. The smallest absolute Gasteiger partial charge is 0.323 e. The van der Waals surface area contributed by atoms with Gasteiger partial charge in [-0.1, -0.05) is 12.1 Å². The fraction of sp³-hybridized carbons (Fsp3) is 0.357. The summed E-state index contributed by atoms with van der Waals surface area (Å²) < 4.78 is 0. The highest BCUT2D eigenvalue weighted by atomic mass is 16.4. The molecule has 0 saturated carbocycles. The van der Waals surface area contributed by atoms with Gasteiger partial charge < -0.3 is 10.0 Å². The molecule has 6 nitrogen and oxygen atoms in total. The van der Waals surface area contributed by atoms with Gasteiger partial charge in [0, 0.05) is 6.42 Å². The third-order valence-corrected chi connectivity index (χ3v) is 4.04. The van der Waals surface area contributed by atoms with E-state index in [4.69, 9.17) is 5.11 Å². The fourth-order valence-corrected chi connectivity index (χ4v) is 3.08. The number of para-hydroxylation sites is 1. The number of carbonyl (C=O) groups is 3. The predicted molar refractivity (Wildman–Crippen MR) is 70.2 cm³/mol. The first kappa shape index (κ1) is 12.7. The molecule has 3 rings (SSSR count). The Morgan fingerprint density at radius 3 is 2.75 bits per heavy atom. The molecule has 1 aromatic rings. The average Bonchev–Trinajstić information content (AvgIpc) is 2.71. The van der Waals surface area contributed by atoms with E-state index in [0.29, 0.717) is 24.1 Å². The Morgan fingerprint density at radius 1 is 1.35 bits per heavy atom. The van der Waals surface area contributed by atoms with Gasteiger partial charge in [0.1, 0.15) is 12.2 Å². The summed E-state index contributed by atoms with van der Waals surface area (Å²) in [6.45, 7) is 1.34. The van der Waals surface area contributed by atoms with Crippen LogP contribution in [-0.2, 0) is 9.59 Å². The van der Waals surface area contributed by atoms with Crippen molar-refractivity contribution in [3.05, 3.63) is 29.8 Å². The second kappa shape index (κ2) is 4.06. The Balaban J connectivity index is 2.19. The van der Waals surface area contributed by atoms with Gasteiger partial charge in [-0.25, -0.2) is 0 Å². The van der Waals surface area contributed by atoms with Crippen molar-refractivity contribution in [1.82, 2.24) is 4.90 Å². The molecular formula is C14H14N2O4. The second-order valence-corrected chi connectivity index (χ2v) is 5.25. The largest absolute Gasteiger partial charge is 0.480 e. The molecule has 1 atom stereocenters. The Hall–Kier alpha value is -2.37. The second-order valence-electron chi connectivity index (χ2n) is 5.25. The SMILES string of the molecule is C[C@@]12CCC(=O)N1c1ccccc1C(=O)N2CC(=O)O. The number of fused-ring (bicyclic) bond motifs is 3. The van der Waals surface area contributed by atoms with Crippen LogP contribution in [0.5, 0.6) is 0 Å². The van der Waals surface area contributed by atoms with Gasteiger partial charge in [-0.3, -0.25) is 19.3 Å². The van der Waals surface area contributed by atoms with E-state index in [1.54, 1.807) is 36.1 Å². The molecule has 2 heterocycles. The van der Waals surface area contributed by atoms with Crippen molar-refractivity contribution in [2.24, 2.45) is 0 Å². The minimum absolute atomic E-state index is 0.0807. The van der Waals surface area contributed by atoms with Gasteiger partial charge in [-0.05, 0) is 25.5 Å². The molecule has 1 fully saturated rings. The van der Waals surface area contributed by atoms with Crippen LogP contribution in [0.25, 0.3) is 0 Å². The lowest BCUT2D eigenvalue weighted by Gasteiger charge is -2.48. The van der Waals surface area contributed by atoms with Crippen LogP contribution in [0.1, 0.15) is 30.1 Å². The highest BCUT2D eigenvalue weighted by Crippen LogP contribution is 2.43. The first-order valence-corrected chi connectivity index (χ1v) is 6.41. The Morgan fingerprint density at radius 2 is 2.05 bits per heavy atom. The van der Waals surface area contributed by atoms with E-state index in [1.807, 2.05) is 0 Å². The standard InChI is InChI=1S/C14H14N2O4/c1-14-7-6-11(17)16(14)10-5-3-2-4-9(10)13(20)15(14)8-12(18)19/h2-5H,6-8H2,1H3,(H,18,19)/t14-/m0/s1. The number of nitrogens with zero attached hydrogens (tertiary/aromatic N) is 2. The van der Waals surface area contributed by atoms with Gasteiger partial charge in [0.25, 0.3) is 5.91 Å². The van der Waals surface area contributed by atoms with Crippen LogP contribution in [0.2, 0.25) is 0 Å². The van der Waals surface area contributed by atoms with Gasteiger partial charge in [0.2, 0.25) is 5.91 Å². The Labute approximate surface area is 115 Å². The van der Waals surface area contributed by atoms with Gasteiger partial charge in [-0.15, -0.1) is 0 Å². The summed E-state index contributed by atoms with van der Waals surface area (Å²) >= 11 is 0. The van der Waals surface area contributed by atoms with Crippen molar-refractivity contribution in [1.29, 1.82) is 0 Å². The molecule has 0 aromatic heterocycles. The van der Waals surface area contributed by atoms with Crippen LogP contribution < -0.4 is 4.90 Å². The van der Waals surface area contributed by atoms with E-state index in [0.717, 1.165) is 0 Å². The highest BCUT2D eigenvalue weighted by molar-refractivity contribution is 6.10. The minimum atomic E-state index is -1.08. The fourth-order valence-electron chi connectivity index (χ4n) is 3.08. The lowest BCUT2D eigenvalue weighted by molar-refractivity contribution is -0.139. The maximum absolute atomic E-state index is 12.5. The van der Waals surface area contributed by atoms with Crippen LogP contribution in [0.3, 0.4) is 0 Å². The van der Waals surface area contributed by atoms with E-state index in [1.165, 1.54) is 4.90 Å². The van der Waals surface area contributed by atoms with Crippen LogP contribution in [0, 0.1) is 0 Å². The predicted octanol–water partition coefficient (Wildman–Crippen LogP) is 1.07. The molecule has 2 amide bonds. The van der Waals surface area contributed by atoms with Gasteiger partial charge in [-0.2, -0.15) is 0 Å². The molecule has 0 aliphatic carbocycles. The van der Waals surface area contributed by atoms with Crippen molar-refractivity contribution in [2.75, 3.05) is 11.4 Å². The third-order valence-electron chi connectivity index (χ3n) is 4.04. The van der Waals surface area contributed by atoms with Crippen molar-refractivity contribution in [2.45, 2.75) is 25.4 Å². The van der Waals surface area contributed by atoms with Crippen molar-refractivity contribution in [3.8, 4) is 0 Å². The summed E-state index contributed by atoms with van der Waals surface area (Å²) in [6.07, 6.45) is 0.757. The molecule has 0 spiro atoms. The molecule has 104 valence electrons. The van der Waals surface area contributed by atoms with Crippen molar-refractivity contribution >= 4 is 23.5 Å². The highest BCUT2D eigenvalue weighted by Gasteiger charge is 2.53. The van der Waals surface area contributed by atoms with E-state index in [9.17, 15) is 14.4 Å². The number of carbonyl (C=O) groups excluding carboxylic acids is 2. The normalized spacial score (nSPS) is 24.6. The molecule has 0 radical (unpaired) electrons. The zero-order chi connectivity index (χ0) is 14.5. The lowest BCUT2D eigenvalue weighted by Crippen LogP contribution is -2.63. The quantitative estimate of drug-likeness (QED) is 0.875. The maximum atomic E-state index is 12.5. The minimum Gasteiger partial charge on any atom is -0.480 e. The zero-order valence-electron chi connectivity index (χ0n) is 11.0. The van der Waals surface area contributed by atoms with Crippen molar-refractivity contribution < 1.29 is 19.5 Å². The number of carboxylic acid groups (broad SMARTS) is 1. The molecular weight excluding hydrogens is 260 g/mol. The zero-order valence-corrected chi connectivity index (χ0v) is 11.0. The summed E-state index contributed by atoms with van der Waals surface area (Å²) in [4.78, 5) is 38.6. The summed E-state index contributed by atoms with van der Waals surface area (Å²) in [7, 11) is 0. The first-order chi connectivity index (χ1) is 9.45. The molecule has 2 aliphatic rings. The van der Waals surface area contributed by atoms with Crippen molar-refractivity contribution in [3.63, 3.8) is 0 Å². The molecule has 0 unspecified atom stereocenters. The molecule has 2 aliphatic heterocycles. The number of amides is 2. The molecule has 20 heavy (non-hydrogen) atoms. The number of carboxylic acids is 1. The number of hydrogen-bond acceptors (Lipinski definition) is 3. The first-order valence-electron chi connectivity index (χ1n) is 6.41. The monoisotopic (exact) mass is 274 g/mol. The third kappa shape index (κ3) is 1.54.